The second-order valence-electron chi connectivity index (χ2n) is 6.51. The maximum atomic E-state index is 5.72. The Morgan fingerprint density at radius 2 is 1.88 bits per heavy atom. The van der Waals surface area contributed by atoms with Gasteiger partial charge >= 0.3 is 0 Å². The second-order valence-corrected chi connectivity index (χ2v) is 8.64. The van der Waals surface area contributed by atoms with E-state index in [1.165, 1.54) is 16.0 Å². The first-order valence-corrected chi connectivity index (χ1v) is 10.5. The van der Waals surface area contributed by atoms with E-state index >= 15 is 0 Å². The molecule has 1 aliphatic heterocycles. The molecule has 0 spiro atoms. The highest BCUT2D eigenvalue weighted by Crippen LogP contribution is 2.46. The average molecular weight is 369 g/mol. The summed E-state index contributed by atoms with van der Waals surface area (Å²) in [7, 11) is 3.55. The van der Waals surface area contributed by atoms with Crippen molar-refractivity contribution in [2.75, 3.05) is 11.9 Å². The first-order chi connectivity index (χ1) is 12.1. The van der Waals surface area contributed by atoms with Crippen LogP contribution in [-0.4, -0.2) is 6.61 Å². The van der Waals surface area contributed by atoms with Crippen LogP contribution in [0.3, 0.4) is 0 Å². The van der Waals surface area contributed by atoms with Gasteiger partial charge in [-0.05, 0) is 51.1 Å². The lowest BCUT2D eigenvalue weighted by molar-refractivity contribution is 0.340. The molecule has 0 bridgehead atoms. The van der Waals surface area contributed by atoms with Gasteiger partial charge in [0.2, 0.25) is 0 Å². The van der Waals surface area contributed by atoms with Gasteiger partial charge in [-0.3, -0.25) is 0 Å². The molecule has 0 unspecified atom stereocenters. The molecule has 0 radical (unpaired) electrons. The fraction of sp³-hybridized carbons (Fsp3) is 0.250. The highest BCUT2D eigenvalue weighted by atomic mass is 32.9. The minimum Gasteiger partial charge on any atom is -0.494 e. The van der Waals surface area contributed by atoms with Crippen LogP contribution in [0, 0.1) is 0 Å². The first kappa shape index (κ1) is 16.4. The van der Waals surface area contributed by atoms with Crippen LogP contribution in [0.5, 0.6) is 5.75 Å². The quantitative estimate of drug-likeness (QED) is 0.596. The molecule has 0 saturated carbocycles. The van der Waals surface area contributed by atoms with E-state index in [0.29, 0.717) is 6.61 Å². The lowest BCUT2D eigenvalue weighted by atomic mass is 9.90. The van der Waals surface area contributed by atoms with Crippen molar-refractivity contribution in [3.63, 3.8) is 0 Å². The zero-order valence-corrected chi connectivity index (χ0v) is 16.1. The monoisotopic (exact) mass is 368 g/mol. The fourth-order valence-corrected chi connectivity index (χ4v) is 6.04. The van der Waals surface area contributed by atoms with Gasteiger partial charge in [0.15, 0.2) is 0 Å². The van der Waals surface area contributed by atoms with Crippen molar-refractivity contribution in [3.8, 4) is 16.9 Å². The van der Waals surface area contributed by atoms with Crippen LogP contribution in [0.2, 0.25) is 0 Å². The van der Waals surface area contributed by atoms with Crippen molar-refractivity contribution in [3.05, 3.63) is 58.1 Å². The van der Waals surface area contributed by atoms with E-state index in [0.717, 1.165) is 21.8 Å². The Balaban J connectivity index is 1.95. The number of ether oxygens (including phenoxy) is 1. The molecule has 0 fully saturated rings. The van der Waals surface area contributed by atoms with Crippen LogP contribution in [-0.2, 0) is 5.54 Å². The summed E-state index contributed by atoms with van der Waals surface area (Å²) >= 11 is 0. The summed E-state index contributed by atoms with van der Waals surface area (Å²) in [6, 6.07) is 16.4. The first-order valence-electron chi connectivity index (χ1n) is 8.37. The van der Waals surface area contributed by atoms with E-state index in [4.69, 9.17) is 9.73 Å². The Hall–Kier alpha value is -2.11. The minimum atomic E-state index is -0.110. The number of rotatable bonds is 3. The van der Waals surface area contributed by atoms with Crippen molar-refractivity contribution in [1.82, 2.24) is 0 Å². The number of nitrogens with zero attached hydrogens (tertiary/aromatic N) is 1. The van der Waals surface area contributed by atoms with Crippen molar-refractivity contribution in [1.29, 1.82) is 0 Å². The molecule has 25 heavy (non-hydrogen) atoms. The van der Waals surface area contributed by atoms with E-state index in [-0.39, 0.29) is 5.54 Å². The lowest BCUT2D eigenvalue weighted by Crippen LogP contribution is -2.31. The maximum Gasteiger partial charge on any atom is 0.135 e. The molecule has 3 aromatic rings. The lowest BCUT2D eigenvalue weighted by Gasteiger charge is -2.33. The van der Waals surface area contributed by atoms with E-state index in [1.807, 2.05) is 43.3 Å². The van der Waals surface area contributed by atoms with Gasteiger partial charge < -0.3 is 10.1 Å². The molecular weight excluding hydrogens is 348 g/mol. The smallest absolute Gasteiger partial charge is 0.135 e. The zero-order chi connectivity index (χ0) is 17.4. The fourth-order valence-electron chi connectivity index (χ4n) is 3.10. The molecule has 0 amide bonds. The molecule has 0 saturated heterocycles. The third-order valence-corrected chi connectivity index (χ3v) is 6.86. The van der Waals surface area contributed by atoms with Crippen LogP contribution in [0.15, 0.2) is 53.5 Å². The second kappa shape index (κ2) is 6.32. The van der Waals surface area contributed by atoms with Gasteiger partial charge in [0, 0.05) is 16.8 Å². The molecule has 1 aromatic heterocycles. The van der Waals surface area contributed by atoms with Crippen molar-refractivity contribution in [2.24, 2.45) is 4.99 Å². The molecule has 1 N–H and O–H groups in total. The number of para-hydroxylation sites is 1. The predicted octanol–water partition coefficient (Wildman–Crippen LogP) is 5.77. The molecule has 128 valence electrons. The SMILES string of the molecule is CCOc1ccc2c(c1)-c1c(ssc1=Nc1ccccc1)C(C)(C)N2. The summed E-state index contributed by atoms with van der Waals surface area (Å²) in [6.45, 7) is 7.12. The molecule has 2 aromatic carbocycles. The summed E-state index contributed by atoms with van der Waals surface area (Å²) < 4.78 is 6.79. The zero-order valence-electron chi connectivity index (χ0n) is 14.5. The van der Waals surface area contributed by atoms with Crippen LogP contribution < -0.4 is 14.7 Å². The van der Waals surface area contributed by atoms with Crippen LogP contribution in [0.1, 0.15) is 25.6 Å². The predicted molar refractivity (Wildman–Crippen MR) is 107 cm³/mol. The number of hydrogen-bond acceptors (Lipinski definition) is 5. The van der Waals surface area contributed by atoms with Gasteiger partial charge in [0.25, 0.3) is 0 Å². The van der Waals surface area contributed by atoms with Gasteiger partial charge in [-0.25, -0.2) is 4.99 Å². The molecule has 3 nitrogen and oxygen atoms in total. The van der Waals surface area contributed by atoms with Crippen molar-refractivity contribution < 1.29 is 4.74 Å². The molecule has 0 atom stereocenters. The number of anilines is 1. The Bertz CT molecular complexity index is 971. The standard InChI is InChI=1S/C20H20N2OS2/c1-4-23-14-10-11-16-15(12-14)17-18(20(2,3)22-16)24-25-19(17)21-13-8-6-5-7-9-13/h5-12,22H,4H2,1-3H3. The normalized spacial score (nSPS) is 15.2. The van der Waals surface area contributed by atoms with E-state index in [9.17, 15) is 0 Å². The molecule has 1 aliphatic rings. The number of fused-ring (bicyclic) bond motifs is 3. The van der Waals surface area contributed by atoms with E-state index in [2.05, 4.69) is 31.3 Å². The third-order valence-electron chi connectivity index (χ3n) is 4.22. The van der Waals surface area contributed by atoms with Gasteiger partial charge in [-0.15, -0.1) is 0 Å². The van der Waals surface area contributed by atoms with E-state index in [1.54, 1.807) is 20.7 Å². The van der Waals surface area contributed by atoms with Crippen LogP contribution in [0.4, 0.5) is 11.4 Å². The van der Waals surface area contributed by atoms with Gasteiger partial charge in [-0.2, -0.15) is 0 Å². The number of hydrogen-bond donors (Lipinski definition) is 1. The topological polar surface area (TPSA) is 33.6 Å². The van der Waals surface area contributed by atoms with E-state index < -0.39 is 0 Å². The van der Waals surface area contributed by atoms with Crippen molar-refractivity contribution in [2.45, 2.75) is 26.3 Å². The number of nitrogens with one attached hydrogen (secondary N) is 1. The summed E-state index contributed by atoms with van der Waals surface area (Å²) in [5.74, 6) is 0.899. The summed E-state index contributed by atoms with van der Waals surface area (Å²) in [4.78, 5) is 6.24. The highest BCUT2D eigenvalue weighted by Gasteiger charge is 2.33. The summed E-state index contributed by atoms with van der Waals surface area (Å²) in [5, 5.41) is 3.66. The van der Waals surface area contributed by atoms with Gasteiger partial charge in [-0.1, -0.05) is 38.9 Å². The molecular formula is C20H20N2OS2. The largest absolute Gasteiger partial charge is 0.494 e. The van der Waals surface area contributed by atoms with Crippen LogP contribution in [0.25, 0.3) is 11.1 Å². The van der Waals surface area contributed by atoms with Gasteiger partial charge in [0.1, 0.15) is 10.4 Å². The Labute approximate surface area is 155 Å². The van der Waals surface area contributed by atoms with Gasteiger partial charge in [0.05, 0.1) is 22.7 Å². The molecule has 5 heteroatoms. The Kier molecular flexibility index (Phi) is 4.13. The summed E-state index contributed by atoms with van der Waals surface area (Å²) in [5.41, 5.74) is 4.42. The number of benzene rings is 2. The molecule has 0 aliphatic carbocycles. The minimum absolute atomic E-state index is 0.110. The van der Waals surface area contributed by atoms with Crippen LogP contribution >= 0.6 is 20.7 Å². The molecule has 2 heterocycles. The highest BCUT2D eigenvalue weighted by molar-refractivity contribution is 7.68. The van der Waals surface area contributed by atoms with Crippen molar-refractivity contribution >= 4 is 32.1 Å². The Morgan fingerprint density at radius 1 is 1.08 bits per heavy atom. The summed E-state index contributed by atoms with van der Waals surface area (Å²) in [6.07, 6.45) is 0. The average Bonchev–Trinajstić information content (AvgIpc) is 3.02. The maximum absolute atomic E-state index is 5.72. The third kappa shape index (κ3) is 2.98. The molecule has 4 rings (SSSR count). The Morgan fingerprint density at radius 3 is 2.64 bits per heavy atom.